The Morgan fingerprint density at radius 3 is 2.63 bits per heavy atom. The molecule has 0 amide bonds. The van der Waals surface area contributed by atoms with Crippen molar-refractivity contribution in [2.75, 3.05) is 0 Å². The quantitative estimate of drug-likeness (QED) is 0.590. The Morgan fingerprint density at radius 1 is 1.16 bits per heavy atom. The van der Waals surface area contributed by atoms with Crippen molar-refractivity contribution in [2.45, 2.75) is 56.1 Å². The summed E-state index contributed by atoms with van der Waals surface area (Å²) in [5.74, 6) is -2.75. The number of rotatable bonds is 0. The van der Waals surface area contributed by atoms with Crippen LogP contribution in [0.4, 0.5) is 0 Å². The lowest BCUT2D eigenvalue weighted by molar-refractivity contribution is -0.228. The number of aliphatic hydroxyl groups excluding tert-OH is 1. The SMILES string of the molecule is CC1(C)O[C@H]2O[C@H]3[C@H](O[C@]4(C=CC(=O)O4)[C@@H]3O)[C@H]2O1. The monoisotopic (exact) mass is 270 g/mol. The molecule has 0 aromatic heterocycles. The fraction of sp³-hybridized carbons (Fsp3) is 0.750. The number of carbonyl (C=O) groups excluding carboxylic acids is 1. The molecule has 7 heteroatoms. The fourth-order valence-electron chi connectivity index (χ4n) is 3.04. The maximum absolute atomic E-state index is 11.2. The second-order valence-corrected chi connectivity index (χ2v) is 5.57. The Labute approximate surface area is 109 Å². The second kappa shape index (κ2) is 3.36. The summed E-state index contributed by atoms with van der Waals surface area (Å²) < 4.78 is 27.7. The molecule has 0 bridgehead atoms. The van der Waals surface area contributed by atoms with Gasteiger partial charge in [-0.2, -0.15) is 0 Å². The zero-order valence-electron chi connectivity index (χ0n) is 10.4. The van der Waals surface area contributed by atoms with Gasteiger partial charge in [0.25, 0.3) is 5.79 Å². The minimum absolute atomic E-state index is 0.443. The summed E-state index contributed by atoms with van der Waals surface area (Å²) in [6.45, 7) is 3.56. The third-order valence-corrected chi connectivity index (χ3v) is 3.78. The molecule has 4 heterocycles. The zero-order valence-corrected chi connectivity index (χ0v) is 10.4. The van der Waals surface area contributed by atoms with E-state index in [9.17, 15) is 9.90 Å². The topological polar surface area (TPSA) is 83.5 Å². The summed E-state index contributed by atoms with van der Waals surface area (Å²) in [4.78, 5) is 11.2. The Kier molecular flexibility index (Phi) is 2.09. The van der Waals surface area contributed by atoms with Crippen molar-refractivity contribution in [1.82, 2.24) is 0 Å². The Balaban J connectivity index is 1.61. The van der Waals surface area contributed by atoms with Gasteiger partial charge in [0.15, 0.2) is 18.2 Å². The van der Waals surface area contributed by atoms with Crippen LogP contribution >= 0.6 is 0 Å². The van der Waals surface area contributed by atoms with Crippen molar-refractivity contribution in [3.8, 4) is 0 Å². The average Bonchev–Trinajstić information content (AvgIpc) is 2.97. The van der Waals surface area contributed by atoms with E-state index in [1.165, 1.54) is 12.2 Å². The van der Waals surface area contributed by atoms with Crippen molar-refractivity contribution in [3.63, 3.8) is 0 Å². The van der Waals surface area contributed by atoms with E-state index in [2.05, 4.69) is 0 Å². The van der Waals surface area contributed by atoms with Gasteiger partial charge >= 0.3 is 5.97 Å². The van der Waals surface area contributed by atoms with Crippen molar-refractivity contribution in [2.24, 2.45) is 0 Å². The molecular formula is C12H14O7. The molecule has 0 saturated carbocycles. The molecule has 0 radical (unpaired) electrons. The first-order chi connectivity index (χ1) is 8.90. The van der Waals surface area contributed by atoms with Crippen LogP contribution in [0.5, 0.6) is 0 Å². The maximum atomic E-state index is 11.2. The van der Waals surface area contributed by atoms with E-state index in [-0.39, 0.29) is 0 Å². The zero-order chi connectivity index (χ0) is 13.4. The number of carbonyl (C=O) groups is 1. The highest BCUT2D eigenvalue weighted by Crippen LogP contribution is 2.48. The summed E-state index contributed by atoms with van der Waals surface area (Å²) in [6, 6.07) is 0. The van der Waals surface area contributed by atoms with Crippen molar-refractivity contribution in [1.29, 1.82) is 0 Å². The molecule has 0 unspecified atom stereocenters. The van der Waals surface area contributed by atoms with E-state index >= 15 is 0 Å². The predicted octanol–water partition coefficient (Wildman–Crippen LogP) is -0.568. The first kappa shape index (κ1) is 11.8. The lowest BCUT2D eigenvalue weighted by Crippen LogP contribution is -2.44. The molecule has 0 aromatic rings. The average molecular weight is 270 g/mol. The van der Waals surface area contributed by atoms with Gasteiger partial charge < -0.3 is 28.8 Å². The van der Waals surface area contributed by atoms with Gasteiger partial charge in [-0.15, -0.1) is 0 Å². The van der Waals surface area contributed by atoms with Crippen LogP contribution in [0, 0.1) is 0 Å². The third kappa shape index (κ3) is 1.47. The Morgan fingerprint density at radius 2 is 1.95 bits per heavy atom. The molecule has 3 fully saturated rings. The van der Waals surface area contributed by atoms with Gasteiger partial charge in [0.05, 0.1) is 0 Å². The molecule has 1 spiro atoms. The summed E-state index contributed by atoms with van der Waals surface area (Å²) in [5, 5.41) is 10.3. The van der Waals surface area contributed by atoms with Crippen LogP contribution in [0.25, 0.3) is 0 Å². The molecule has 104 valence electrons. The molecule has 4 aliphatic heterocycles. The van der Waals surface area contributed by atoms with Crippen LogP contribution in [-0.4, -0.2) is 53.4 Å². The first-order valence-corrected chi connectivity index (χ1v) is 6.19. The number of hydrogen-bond acceptors (Lipinski definition) is 7. The Bertz CT molecular complexity index is 473. The van der Waals surface area contributed by atoms with Gasteiger partial charge in [-0.3, -0.25) is 0 Å². The molecule has 4 rings (SSSR count). The number of fused-ring (bicyclic) bond motifs is 3. The smallest absolute Gasteiger partial charge is 0.333 e. The standard InChI is InChI=1S/C12H14O7/c1-11(2)17-8-6-7(15-10(8)19-11)9(14)12(18-6)4-3-5(13)16-12/h3-4,6-10,14H,1-2H3/t6-,7-,8+,9+,10+,12+/m0/s1. The lowest BCUT2D eigenvalue weighted by Gasteiger charge is -2.26. The Hall–Kier alpha value is -0.990. The first-order valence-electron chi connectivity index (χ1n) is 6.19. The van der Waals surface area contributed by atoms with Crippen molar-refractivity contribution >= 4 is 5.97 Å². The van der Waals surface area contributed by atoms with Gasteiger partial charge in [0.2, 0.25) is 0 Å². The minimum Gasteiger partial charge on any atom is -0.423 e. The number of aliphatic hydroxyl groups is 1. The van der Waals surface area contributed by atoms with Crippen LogP contribution in [0.3, 0.4) is 0 Å². The minimum atomic E-state index is -1.45. The highest BCUT2D eigenvalue weighted by atomic mass is 16.9. The van der Waals surface area contributed by atoms with E-state index < -0.39 is 48.2 Å². The molecule has 6 atom stereocenters. The van der Waals surface area contributed by atoms with Crippen LogP contribution in [0.1, 0.15) is 13.8 Å². The van der Waals surface area contributed by atoms with Gasteiger partial charge in [0.1, 0.15) is 18.3 Å². The lowest BCUT2D eigenvalue weighted by atomic mass is 10.0. The highest BCUT2D eigenvalue weighted by molar-refractivity contribution is 5.85. The maximum Gasteiger partial charge on any atom is 0.333 e. The van der Waals surface area contributed by atoms with Crippen LogP contribution in [0.2, 0.25) is 0 Å². The second-order valence-electron chi connectivity index (χ2n) is 5.57. The molecule has 1 N–H and O–H groups in total. The van der Waals surface area contributed by atoms with E-state index in [0.29, 0.717) is 0 Å². The van der Waals surface area contributed by atoms with Crippen molar-refractivity contribution in [3.05, 3.63) is 12.2 Å². The predicted molar refractivity (Wildman–Crippen MR) is 57.5 cm³/mol. The van der Waals surface area contributed by atoms with Crippen LogP contribution in [-0.2, 0) is 28.5 Å². The van der Waals surface area contributed by atoms with E-state index in [0.717, 1.165) is 0 Å². The number of esters is 1. The molecular weight excluding hydrogens is 256 g/mol. The van der Waals surface area contributed by atoms with Crippen LogP contribution in [0.15, 0.2) is 12.2 Å². The molecule has 0 aliphatic carbocycles. The van der Waals surface area contributed by atoms with Crippen LogP contribution < -0.4 is 0 Å². The molecule has 3 saturated heterocycles. The van der Waals surface area contributed by atoms with E-state index in [4.69, 9.17) is 23.7 Å². The summed E-state index contributed by atoms with van der Waals surface area (Å²) >= 11 is 0. The largest absolute Gasteiger partial charge is 0.423 e. The fourth-order valence-corrected chi connectivity index (χ4v) is 3.04. The number of ether oxygens (including phenoxy) is 5. The molecule has 7 nitrogen and oxygen atoms in total. The van der Waals surface area contributed by atoms with Gasteiger partial charge in [-0.25, -0.2) is 4.79 Å². The molecule has 19 heavy (non-hydrogen) atoms. The molecule has 4 aliphatic rings. The summed E-state index contributed by atoms with van der Waals surface area (Å²) in [5.41, 5.74) is 0. The van der Waals surface area contributed by atoms with Gasteiger partial charge in [0, 0.05) is 6.08 Å². The molecule has 0 aromatic carbocycles. The van der Waals surface area contributed by atoms with Gasteiger partial charge in [-0.05, 0) is 19.9 Å². The van der Waals surface area contributed by atoms with E-state index in [1.54, 1.807) is 13.8 Å². The highest BCUT2D eigenvalue weighted by Gasteiger charge is 2.68. The number of hydrogen-bond donors (Lipinski definition) is 1. The normalized spacial score (nSPS) is 53.6. The van der Waals surface area contributed by atoms with E-state index in [1.807, 2.05) is 0 Å². The third-order valence-electron chi connectivity index (χ3n) is 3.78. The van der Waals surface area contributed by atoms with Crippen molar-refractivity contribution < 1.29 is 33.6 Å². The summed E-state index contributed by atoms with van der Waals surface area (Å²) in [6.07, 6.45) is -0.630. The van der Waals surface area contributed by atoms with Gasteiger partial charge in [-0.1, -0.05) is 0 Å². The summed E-state index contributed by atoms with van der Waals surface area (Å²) in [7, 11) is 0.